The molecule has 0 spiro atoms. The summed E-state index contributed by atoms with van der Waals surface area (Å²) in [7, 11) is 0. The Morgan fingerprint density at radius 3 is 2.57 bits per heavy atom. The molecule has 1 nitrogen and oxygen atoms in total. The fourth-order valence-corrected chi connectivity index (χ4v) is 3.10. The summed E-state index contributed by atoms with van der Waals surface area (Å²) in [6.45, 7) is 4.77. The summed E-state index contributed by atoms with van der Waals surface area (Å²) in [6, 6.07) is 0. The minimum absolute atomic E-state index is 1.02. The Kier molecular flexibility index (Phi) is 3.86. The molecule has 0 saturated heterocycles. The third-order valence-corrected chi connectivity index (χ3v) is 4.03. The number of nitrogens with one attached hydrogen (secondary N) is 1. The monoisotopic (exact) mass is 195 g/mol. The maximum Gasteiger partial charge on any atom is -0.00178 e. The minimum atomic E-state index is 1.02. The largest absolute Gasteiger partial charge is 0.316 e. The fraction of sp³-hybridized carbons (Fsp3) is 1.00. The molecule has 2 rings (SSSR count). The zero-order valence-corrected chi connectivity index (χ0v) is 9.60. The van der Waals surface area contributed by atoms with Crippen molar-refractivity contribution in [1.82, 2.24) is 5.32 Å². The van der Waals surface area contributed by atoms with Gasteiger partial charge in [0.25, 0.3) is 0 Å². The van der Waals surface area contributed by atoms with Crippen LogP contribution in [0.15, 0.2) is 0 Å². The van der Waals surface area contributed by atoms with E-state index < -0.39 is 0 Å². The van der Waals surface area contributed by atoms with E-state index in [1.165, 1.54) is 58.0 Å². The van der Waals surface area contributed by atoms with Crippen molar-refractivity contribution in [2.24, 2.45) is 17.8 Å². The maximum absolute atomic E-state index is 3.62. The van der Waals surface area contributed by atoms with Gasteiger partial charge in [-0.1, -0.05) is 19.8 Å². The molecule has 1 heteroatoms. The quantitative estimate of drug-likeness (QED) is 0.664. The van der Waals surface area contributed by atoms with Crippen LogP contribution in [0.2, 0.25) is 0 Å². The second-order valence-corrected chi connectivity index (χ2v) is 5.25. The topological polar surface area (TPSA) is 12.0 Å². The van der Waals surface area contributed by atoms with E-state index in [0.29, 0.717) is 0 Å². The summed E-state index contributed by atoms with van der Waals surface area (Å²) in [4.78, 5) is 0. The molecule has 2 atom stereocenters. The highest BCUT2D eigenvalue weighted by atomic mass is 14.9. The lowest BCUT2D eigenvalue weighted by molar-refractivity contribution is 0.205. The van der Waals surface area contributed by atoms with Crippen molar-refractivity contribution < 1.29 is 0 Å². The first-order chi connectivity index (χ1) is 6.92. The molecule has 0 bridgehead atoms. The standard InChI is InChI=1S/C13H25N/c1-2-9-14-10-12-5-3-4-6-13(12)11-7-8-11/h11-14H,2-10H2,1H3. The van der Waals surface area contributed by atoms with Gasteiger partial charge in [-0.25, -0.2) is 0 Å². The van der Waals surface area contributed by atoms with Gasteiger partial charge in [0.1, 0.15) is 0 Å². The van der Waals surface area contributed by atoms with Crippen LogP contribution in [0.1, 0.15) is 51.9 Å². The minimum Gasteiger partial charge on any atom is -0.316 e. The Morgan fingerprint density at radius 1 is 1.07 bits per heavy atom. The Morgan fingerprint density at radius 2 is 1.86 bits per heavy atom. The molecule has 2 saturated carbocycles. The first-order valence-corrected chi connectivity index (χ1v) is 6.62. The Bertz CT molecular complexity index is 163. The third kappa shape index (κ3) is 2.73. The predicted molar refractivity (Wildman–Crippen MR) is 61.3 cm³/mol. The molecule has 0 aromatic carbocycles. The molecule has 82 valence electrons. The predicted octanol–water partition coefficient (Wildman–Crippen LogP) is 3.20. The van der Waals surface area contributed by atoms with Crippen molar-refractivity contribution in [3.8, 4) is 0 Å². The van der Waals surface area contributed by atoms with E-state index in [-0.39, 0.29) is 0 Å². The van der Waals surface area contributed by atoms with Crippen LogP contribution in [0.5, 0.6) is 0 Å². The Labute approximate surface area is 88.7 Å². The van der Waals surface area contributed by atoms with Crippen LogP contribution in [-0.2, 0) is 0 Å². The number of hydrogen-bond donors (Lipinski definition) is 1. The van der Waals surface area contributed by atoms with Gasteiger partial charge in [0.2, 0.25) is 0 Å². The molecule has 14 heavy (non-hydrogen) atoms. The molecule has 0 radical (unpaired) electrons. The van der Waals surface area contributed by atoms with Crippen LogP contribution < -0.4 is 5.32 Å². The van der Waals surface area contributed by atoms with E-state index in [1.807, 2.05) is 0 Å². The Balaban J connectivity index is 1.74. The molecule has 0 heterocycles. The van der Waals surface area contributed by atoms with E-state index in [1.54, 1.807) is 0 Å². The fourth-order valence-electron chi connectivity index (χ4n) is 3.10. The molecule has 2 aliphatic rings. The van der Waals surface area contributed by atoms with Crippen LogP contribution in [0.3, 0.4) is 0 Å². The highest BCUT2D eigenvalue weighted by molar-refractivity contribution is 4.88. The molecule has 0 amide bonds. The van der Waals surface area contributed by atoms with Gasteiger partial charge in [-0.3, -0.25) is 0 Å². The van der Waals surface area contributed by atoms with Crippen LogP contribution >= 0.6 is 0 Å². The van der Waals surface area contributed by atoms with E-state index >= 15 is 0 Å². The summed E-state index contributed by atoms with van der Waals surface area (Å²) >= 11 is 0. The molecule has 1 N–H and O–H groups in total. The van der Waals surface area contributed by atoms with Gasteiger partial charge in [-0.05, 0) is 62.9 Å². The lowest BCUT2D eigenvalue weighted by atomic mass is 9.76. The lowest BCUT2D eigenvalue weighted by Gasteiger charge is -2.32. The van der Waals surface area contributed by atoms with Crippen LogP contribution in [0.4, 0.5) is 0 Å². The zero-order chi connectivity index (χ0) is 9.80. The van der Waals surface area contributed by atoms with E-state index in [0.717, 1.165) is 17.8 Å². The molecular formula is C13H25N. The van der Waals surface area contributed by atoms with Gasteiger partial charge >= 0.3 is 0 Å². The number of hydrogen-bond acceptors (Lipinski definition) is 1. The van der Waals surface area contributed by atoms with Gasteiger partial charge in [0.05, 0.1) is 0 Å². The van der Waals surface area contributed by atoms with Gasteiger partial charge < -0.3 is 5.32 Å². The van der Waals surface area contributed by atoms with Crippen molar-refractivity contribution in [2.45, 2.75) is 51.9 Å². The van der Waals surface area contributed by atoms with Gasteiger partial charge in [0, 0.05) is 0 Å². The smallest absolute Gasteiger partial charge is 0.00178 e. The van der Waals surface area contributed by atoms with Gasteiger partial charge in [-0.2, -0.15) is 0 Å². The van der Waals surface area contributed by atoms with Crippen LogP contribution in [-0.4, -0.2) is 13.1 Å². The molecule has 2 aliphatic carbocycles. The summed E-state index contributed by atoms with van der Waals surface area (Å²) in [5.74, 6) is 3.24. The van der Waals surface area contributed by atoms with Crippen LogP contribution in [0.25, 0.3) is 0 Å². The first kappa shape index (κ1) is 10.5. The maximum atomic E-state index is 3.62. The summed E-state index contributed by atoms with van der Waals surface area (Å²) in [6.07, 6.45) is 10.4. The molecule has 0 aromatic rings. The van der Waals surface area contributed by atoms with Crippen molar-refractivity contribution in [2.75, 3.05) is 13.1 Å². The normalized spacial score (nSPS) is 33.2. The SMILES string of the molecule is CCCNCC1CCCCC1C1CC1. The van der Waals surface area contributed by atoms with Gasteiger partial charge in [-0.15, -0.1) is 0 Å². The average Bonchev–Trinajstić information content (AvgIpc) is 3.03. The summed E-state index contributed by atoms with van der Waals surface area (Å²) < 4.78 is 0. The molecular weight excluding hydrogens is 170 g/mol. The second kappa shape index (κ2) is 5.16. The van der Waals surface area contributed by atoms with E-state index in [4.69, 9.17) is 0 Å². The zero-order valence-electron chi connectivity index (χ0n) is 9.60. The van der Waals surface area contributed by atoms with Gasteiger partial charge in [0.15, 0.2) is 0 Å². The van der Waals surface area contributed by atoms with E-state index in [9.17, 15) is 0 Å². The molecule has 2 fully saturated rings. The first-order valence-electron chi connectivity index (χ1n) is 6.62. The summed E-state index contributed by atoms with van der Waals surface area (Å²) in [5, 5.41) is 3.62. The van der Waals surface area contributed by atoms with Crippen molar-refractivity contribution >= 4 is 0 Å². The highest BCUT2D eigenvalue weighted by Gasteiger charge is 2.37. The third-order valence-electron chi connectivity index (χ3n) is 4.03. The van der Waals surface area contributed by atoms with Crippen molar-refractivity contribution in [3.63, 3.8) is 0 Å². The molecule has 2 unspecified atom stereocenters. The highest BCUT2D eigenvalue weighted by Crippen LogP contribution is 2.46. The molecule has 0 aliphatic heterocycles. The van der Waals surface area contributed by atoms with Crippen LogP contribution in [0, 0.1) is 17.8 Å². The Hall–Kier alpha value is -0.0400. The average molecular weight is 195 g/mol. The lowest BCUT2D eigenvalue weighted by Crippen LogP contribution is -2.32. The second-order valence-electron chi connectivity index (χ2n) is 5.25. The summed E-state index contributed by atoms with van der Waals surface area (Å²) in [5.41, 5.74) is 0. The van der Waals surface area contributed by atoms with E-state index in [2.05, 4.69) is 12.2 Å². The van der Waals surface area contributed by atoms with Crippen molar-refractivity contribution in [3.05, 3.63) is 0 Å². The number of rotatable bonds is 5. The van der Waals surface area contributed by atoms with Crippen molar-refractivity contribution in [1.29, 1.82) is 0 Å². The molecule has 0 aromatic heterocycles.